The summed E-state index contributed by atoms with van der Waals surface area (Å²) in [6.07, 6.45) is 4.01. The minimum atomic E-state index is 0.289. The number of nitrogens with two attached hydrogens (primary N) is 1. The van der Waals surface area contributed by atoms with Crippen LogP contribution in [0.25, 0.3) is 0 Å². The molecule has 1 fully saturated rings. The monoisotopic (exact) mass is 300 g/mol. The molecule has 6 heteroatoms. The molecule has 2 heterocycles. The van der Waals surface area contributed by atoms with Gasteiger partial charge in [0, 0.05) is 19.7 Å². The third kappa shape index (κ3) is 2.87. The lowest BCUT2D eigenvalue weighted by molar-refractivity contribution is 0.0525. The summed E-state index contributed by atoms with van der Waals surface area (Å²) < 4.78 is 6.45. The standard InChI is InChI=1S/C11H17BrN4O/c1-2-17-8-4-3-5-16(6-8)11-9(12)10(13)14-7-15-11/h7-8H,2-6H2,1H3,(H2,13,14,15). The molecule has 1 atom stereocenters. The first-order valence-corrected chi connectivity index (χ1v) is 6.64. The van der Waals surface area contributed by atoms with E-state index in [0.29, 0.717) is 5.82 Å². The van der Waals surface area contributed by atoms with Gasteiger partial charge < -0.3 is 15.4 Å². The molecule has 0 bridgehead atoms. The fraction of sp³-hybridized carbons (Fsp3) is 0.636. The molecule has 0 radical (unpaired) electrons. The van der Waals surface area contributed by atoms with Gasteiger partial charge in [-0.3, -0.25) is 0 Å². The summed E-state index contributed by atoms with van der Waals surface area (Å²) in [4.78, 5) is 10.4. The number of aromatic nitrogens is 2. The Morgan fingerprint density at radius 3 is 3.18 bits per heavy atom. The molecule has 1 aromatic rings. The molecule has 5 nitrogen and oxygen atoms in total. The average molecular weight is 301 g/mol. The van der Waals surface area contributed by atoms with E-state index in [1.807, 2.05) is 6.92 Å². The first-order valence-electron chi connectivity index (χ1n) is 5.85. The topological polar surface area (TPSA) is 64.3 Å². The van der Waals surface area contributed by atoms with Crippen LogP contribution in [0.3, 0.4) is 0 Å². The van der Waals surface area contributed by atoms with Gasteiger partial charge in [-0.15, -0.1) is 0 Å². The third-order valence-electron chi connectivity index (χ3n) is 2.88. The van der Waals surface area contributed by atoms with Gasteiger partial charge in [0.25, 0.3) is 0 Å². The number of rotatable bonds is 3. The molecule has 2 rings (SSSR count). The van der Waals surface area contributed by atoms with E-state index in [0.717, 1.165) is 42.8 Å². The van der Waals surface area contributed by atoms with Crippen molar-refractivity contribution < 1.29 is 4.74 Å². The van der Waals surface area contributed by atoms with Crippen molar-refractivity contribution in [2.24, 2.45) is 0 Å². The molecule has 1 saturated heterocycles. The fourth-order valence-corrected chi connectivity index (χ4v) is 2.55. The molecule has 94 valence electrons. The minimum Gasteiger partial charge on any atom is -0.383 e. The highest BCUT2D eigenvalue weighted by Crippen LogP contribution is 2.29. The van der Waals surface area contributed by atoms with E-state index in [4.69, 9.17) is 10.5 Å². The van der Waals surface area contributed by atoms with Crippen LogP contribution in [-0.2, 0) is 4.74 Å². The Labute approximate surface area is 110 Å². The Balaban J connectivity index is 2.13. The molecule has 0 spiro atoms. The molecule has 0 amide bonds. The first-order chi connectivity index (χ1) is 8.22. The summed E-state index contributed by atoms with van der Waals surface area (Å²) in [5, 5.41) is 0. The minimum absolute atomic E-state index is 0.289. The highest BCUT2D eigenvalue weighted by atomic mass is 79.9. The van der Waals surface area contributed by atoms with Crippen molar-refractivity contribution in [3.8, 4) is 0 Å². The second kappa shape index (κ2) is 5.64. The molecule has 0 saturated carbocycles. The van der Waals surface area contributed by atoms with Crippen molar-refractivity contribution in [3.63, 3.8) is 0 Å². The van der Waals surface area contributed by atoms with Crippen molar-refractivity contribution in [2.75, 3.05) is 30.3 Å². The van der Waals surface area contributed by atoms with Crippen LogP contribution in [0.2, 0.25) is 0 Å². The predicted octanol–water partition coefficient (Wildman–Crippen LogP) is 1.83. The van der Waals surface area contributed by atoms with Gasteiger partial charge in [0.05, 0.1) is 6.10 Å². The maximum absolute atomic E-state index is 5.76. The van der Waals surface area contributed by atoms with Crippen LogP contribution in [0.15, 0.2) is 10.8 Å². The number of nitrogens with zero attached hydrogens (tertiary/aromatic N) is 3. The molecule has 0 aromatic carbocycles. The van der Waals surface area contributed by atoms with Gasteiger partial charge >= 0.3 is 0 Å². The fourth-order valence-electron chi connectivity index (χ4n) is 2.10. The van der Waals surface area contributed by atoms with Crippen LogP contribution in [0.4, 0.5) is 11.6 Å². The second-order valence-electron chi connectivity index (χ2n) is 4.06. The number of anilines is 2. The molecule has 2 N–H and O–H groups in total. The van der Waals surface area contributed by atoms with Gasteiger partial charge in [0.1, 0.15) is 22.4 Å². The van der Waals surface area contributed by atoms with E-state index in [1.54, 1.807) is 0 Å². The summed E-state index contributed by atoms with van der Waals surface area (Å²) >= 11 is 3.44. The maximum atomic E-state index is 5.76. The Morgan fingerprint density at radius 2 is 2.41 bits per heavy atom. The summed E-state index contributed by atoms with van der Waals surface area (Å²) in [5.41, 5.74) is 5.76. The van der Waals surface area contributed by atoms with E-state index in [2.05, 4.69) is 30.8 Å². The van der Waals surface area contributed by atoms with Crippen molar-refractivity contribution in [3.05, 3.63) is 10.8 Å². The zero-order chi connectivity index (χ0) is 12.3. The van der Waals surface area contributed by atoms with Gasteiger partial charge in [0.15, 0.2) is 0 Å². The number of hydrogen-bond acceptors (Lipinski definition) is 5. The van der Waals surface area contributed by atoms with Crippen LogP contribution in [0, 0.1) is 0 Å². The maximum Gasteiger partial charge on any atom is 0.148 e. The smallest absolute Gasteiger partial charge is 0.148 e. The number of halogens is 1. The van der Waals surface area contributed by atoms with Crippen LogP contribution in [0.5, 0.6) is 0 Å². The quantitative estimate of drug-likeness (QED) is 0.922. The summed E-state index contributed by atoms with van der Waals surface area (Å²) in [5.74, 6) is 1.34. The molecule has 0 aliphatic carbocycles. The number of nitrogen functional groups attached to an aromatic ring is 1. The van der Waals surface area contributed by atoms with E-state index in [9.17, 15) is 0 Å². The molecule has 1 aromatic heterocycles. The Hall–Kier alpha value is -0.880. The first kappa shape index (κ1) is 12.6. The molecule has 1 unspecified atom stereocenters. The summed E-state index contributed by atoms with van der Waals surface area (Å²) in [6, 6.07) is 0. The number of ether oxygens (including phenoxy) is 1. The number of piperidine rings is 1. The van der Waals surface area contributed by atoms with Gasteiger partial charge in [-0.2, -0.15) is 0 Å². The Morgan fingerprint density at radius 1 is 1.59 bits per heavy atom. The molecule has 17 heavy (non-hydrogen) atoms. The average Bonchev–Trinajstić information content (AvgIpc) is 2.33. The Kier molecular flexibility index (Phi) is 4.17. The highest BCUT2D eigenvalue weighted by Gasteiger charge is 2.23. The third-order valence-corrected chi connectivity index (χ3v) is 3.64. The zero-order valence-corrected chi connectivity index (χ0v) is 11.5. The van der Waals surface area contributed by atoms with Crippen LogP contribution in [0.1, 0.15) is 19.8 Å². The SMILES string of the molecule is CCOC1CCCN(c2ncnc(N)c2Br)C1. The van der Waals surface area contributed by atoms with Gasteiger partial charge in [0.2, 0.25) is 0 Å². The summed E-state index contributed by atoms with van der Waals surface area (Å²) in [6.45, 7) is 4.63. The molecular formula is C11H17BrN4O. The Bertz CT molecular complexity index is 386. The highest BCUT2D eigenvalue weighted by molar-refractivity contribution is 9.10. The summed E-state index contributed by atoms with van der Waals surface area (Å²) in [7, 11) is 0. The van der Waals surface area contributed by atoms with Crippen LogP contribution >= 0.6 is 15.9 Å². The molecule has 1 aliphatic heterocycles. The lowest BCUT2D eigenvalue weighted by atomic mass is 10.1. The van der Waals surface area contributed by atoms with E-state index in [-0.39, 0.29) is 6.10 Å². The normalized spacial score (nSPS) is 20.6. The van der Waals surface area contributed by atoms with Gasteiger partial charge in [-0.05, 0) is 35.7 Å². The van der Waals surface area contributed by atoms with Gasteiger partial charge in [-0.25, -0.2) is 9.97 Å². The van der Waals surface area contributed by atoms with Crippen molar-refractivity contribution in [1.82, 2.24) is 9.97 Å². The van der Waals surface area contributed by atoms with Crippen LogP contribution in [-0.4, -0.2) is 35.8 Å². The molecule has 1 aliphatic rings. The second-order valence-corrected chi connectivity index (χ2v) is 4.86. The largest absolute Gasteiger partial charge is 0.383 e. The van der Waals surface area contributed by atoms with Crippen molar-refractivity contribution in [1.29, 1.82) is 0 Å². The lowest BCUT2D eigenvalue weighted by Gasteiger charge is -2.33. The van der Waals surface area contributed by atoms with E-state index >= 15 is 0 Å². The lowest BCUT2D eigenvalue weighted by Crippen LogP contribution is -2.40. The van der Waals surface area contributed by atoms with Gasteiger partial charge in [-0.1, -0.05) is 0 Å². The zero-order valence-electron chi connectivity index (χ0n) is 9.90. The van der Waals surface area contributed by atoms with Crippen molar-refractivity contribution in [2.45, 2.75) is 25.9 Å². The number of hydrogen-bond donors (Lipinski definition) is 1. The van der Waals surface area contributed by atoms with E-state index < -0.39 is 0 Å². The van der Waals surface area contributed by atoms with E-state index in [1.165, 1.54) is 6.33 Å². The van der Waals surface area contributed by atoms with Crippen LogP contribution < -0.4 is 10.6 Å². The predicted molar refractivity (Wildman–Crippen MR) is 71.0 cm³/mol. The molecular weight excluding hydrogens is 284 g/mol. The van der Waals surface area contributed by atoms with Crippen molar-refractivity contribution >= 4 is 27.6 Å².